The summed E-state index contributed by atoms with van der Waals surface area (Å²) in [6, 6.07) is 18.0. The molecule has 0 aromatic heterocycles. The third kappa shape index (κ3) is 7.01. The first-order chi connectivity index (χ1) is 18.5. The molecule has 1 aliphatic rings. The fourth-order valence-electron chi connectivity index (χ4n) is 5.13. The van der Waals surface area contributed by atoms with Gasteiger partial charge in [0.15, 0.2) is 0 Å². The standard InChI is InChI=1S/C38H44/c1-8-13-17-34-26-38(35-19-15-14-18-31(35)12-5)37(27-36(34)29(7)21-20-28(6)10-3)33-24-22-32(23-25-33)30(11-4)16-9-2/h8-11,13-16,18-25,27,34H,7,12,17,26H2,1-6H3/b13-8?,16-9-,21-20-,28-10-,30-11+. The molecule has 0 saturated carbocycles. The van der Waals surface area contributed by atoms with Crippen LogP contribution in [0.1, 0.15) is 76.6 Å². The van der Waals surface area contributed by atoms with Gasteiger partial charge in [0, 0.05) is 0 Å². The zero-order valence-electron chi connectivity index (χ0n) is 24.2. The largest absolute Gasteiger partial charge is 0.0916 e. The van der Waals surface area contributed by atoms with E-state index in [0.717, 1.165) is 24.8 Å². The Balaban J connectivity index is 2.23. The van der Waals surface area contributed by atoms with E-state index in [1.807, 2.05) is 0 Å². The van der Waals surface area contributed by atoms with E-state index < -0.39 is 0 Å². The molecule has 2 aromatic rings. The molecule has 0 aliphatic heterocycles. The molecule has 0 saturated heterocycles. The van der Waals surface area contributed by atoms with Crippen LogP contribution in [0.3, 0.4) is 0 Å². The quantitative estimate of drug-likeness (QED) is 0.225. The van der Waals surface area contributed by atoms with Crippen molar-refractivity contribution < 1.29 is 0 Å². The van der Waals surface area contributed by atoms with Gasteiger partial charge in [0.25, 0.3) is 0 Å². The molecule has 3 rings (SSSR count). The Morgan fingerprint density at radius 3 is 2.26 bits per heavy atom. The van der Waals surface area contributed by atoms with Gasteiger partial charge in [0.05, 0.1) is 0 Å². The SMILES string of the molecule is C=C(/C=C\C(C)=C/C)C1=CC(c2ccc(C(/C=C\C)=C/C)cc2)=C(c2ccccc2CC)CC1CC=CC. The summed E-state index contributed by atoms with van der Waals surface area (Å²) in [5.41, 5.74) is 13.0. The molecule has 2 aromatic carbocycles. The molecule has 1 atom stereocenters. The molecular weight excluding hydrogens is 456 g/mol. The van der Waals surface area contributed by atoms with Gasteiger partial charge in [-0.1, -0.05) is 116 Å². The second-order valence-corrected chi connectivity index (χ2v) is 9.92. The molecule has 196 valence electrons. The average Bonchev–Trinajstić information content (AvgIpc) is 2.97. The van der Waals surface area contributed by atoms with Crippen molar-refractivity contribution in [1.29, 1.82) is 0 Å². The van der Waals surface area contributed by atoms with E-state index in [1.165, 1.54) is 50.1 Å². The zero-order valence-corrected chi connectivity index (χ0v) is 24.2. The topological polar surface area (TPSA) is 0 Å². The third-order valence-corrected chi connectivity index (χ3v) is 7.46. The number of hydrogen-bond donors (Lipinski definition) is 0. The number of benzene rings is 2. The molecule has 0 radical (unpaired) electrons. The normalized spacial score (nSPS) is 17.2. The molecule has 0 heteroatoms. The lowest BCUT2D eigenvalue weighted by Crippen LogP contribution is -2.13. The van der Waals surface area contributed by atoms with Gasteiger partial charge in [0.2, 0.25) is 0 Å². The van der Waals surface area contributed by atoms with Crippen LogP contribution in [0.4, 0.5) is 0 Å². The highest BCUT2D eigenvalue weighted by atomic mass is 14.3. The number of aryl methyl sites for hydroxylation is 1. The molecule has 0 N–H and O–H groups in total. The van der Waals surface area contributed by atoms with Gasteiger partial charge in [0.1, 0.15) is 0 Å². The maximum atomic E-state index is 4.53. The van der Waals surface area contributed by atoms with Crippen LogP contribution in [-0.4, -0.2) is 0 Å². The number of hydrogen-bond acceptors (Lipinski definition) is 0. The van der Waals surface area contributed by atoms with E-state index in [1.54, 1.807) is 0 Å². The fraction of sp³-hybridized carbons (Fsp3) is 0.263. The summed E-state index contributed by atoms with van der Waals surface area (Å²) in [6.07, 6.45) is 22.9. The maximum Gasteiger partial charge on any atom is -0.00806 e. The molecule has 0 heterocycles. The average molecular weight is 501 g/mol. The molecule has 0 amide bonds. The van der Waals surface area contributed by atoms with Crippen LogP contribution < -0.4 is 0 Å². The van der Waals surface area contributed by atoms with Crippen molar-refractivity contribution in [3.63, 3.8) is 0 Å². The monoisotopic (exact) mass is 500 g/mol. The Labute approximate surface area is 231 Å². The minimum Gasteiger partial charge on any atom is -0.0916 e. The van der Waals surface area contributed by atoms with E-state index in [-0.39, 0.29) is 0 Å². The van der Waals surface area contributed by atoms with E-state index >= 15 is 0 Å². The van der Waals surface area contributed by atoms with Crippen molar-refractivity contribution in [3.05, 3.63) is 149 Å². The molecule has 38 heavy (non-hydrogen) atoms. The second-order valence-electron chi connectivity index (χ2n) is 9.92. The maximum absolute atomic E-state index is 4.53. The Morgan fingerprint density at radius 2 is 1.63 bits per heavy atom. The van der Waals surface area contributed by atoms with Gasteiger partial charge < -0.3 is 0 Å². The predicted octanol–water partition coefficient (Wildman–Crippen LogP) is 11.1. The number of allylic oxidation sites excluding steroid dienone is 15. The smallest absolute Gasteiger partial charge is 0.00806 e. The van der Waals surface area contributed by atoms with Gasteiger partial charge in [-0.05, 0) is 116 Å². The zero-order chi connectivity index (χ0) is 27.5. The van der Waals surface area contributed by atoms with Gasteiger partial charge in [-0.2, -0.15) is 0 Å². The van der Waals surface area contributed by atoms with E-state index in [2.05, 4.69) is 151 Å². The molecule has 0 nitrogen and oxygen atoms in total. The van der Waals surface area contributed by atoms with Gasteiger partial charge in [-0.3, -0.25) is 0 Å². The first-order valence-corrected chi connectivity index (χ1v) is 14.0. The van der Waals surface area contributed by atoms with Crippen LogP contribution in [0.2, 0.25) is 0 Å². The highest BCUT2D eigenvalue weighted by molar-refractivity contribution is 5.98. The van der Waals surface area contributed by atoms with Crippen molar-refractivity contribution in [2.45, 2.75) is 60.8 Å². The molecule has 1 unspecified atom stereocenters. The van der Waals surface area contributed by atoms with E-state index in [0.29, 0.717) is 5.92 Å². The van der Waals surface area contributed by atoms with Gasteiger partial charge in [-0.15, -0.1) is 0 Å². The van der Waals surface area contributed by atoms with E-state index in [4.69, 9.17) is 0 Å². The Kier molecular flexibility index (Phi) is 10.9. The third-order valence-electron chi connectivity index (χ3n) is 7.46. The molecule has 1 aliphatic carbocycles. The van der Waals surface area contributed by atoms with Crippen LogP contribution >= 0.6 is 0 Å². The summed E-state index contributed by atoms with van der Waals surface area (Å²) < 4.78 is 0. The van der Waals surface area contributed by atoms with Crippen molar-refractivity contribution in [2.24, 2.45) is 5.92 Å². The van der Waals surface area contributed by atoms with Gasteiger partial charge >= 0.3 is 0 Å². The summed E-state index contributed by atoms with van der Waals surface area (Å²) >= 11 is 0. The Morgan fingerprint density at radius 1 is 0.895 bits per heavy atom. The van der Waals surface area contributed by atoms with E-state index in [9.17, 15) is 0 Å². The lowest BCUT2D eigenvalue weighted by Gasteiger charge is -2.30. The molecule has 0 fully saturated rings. The molecule has 0 bridgehead atoms. The van der Waals surface area contributed by atoms with Crippen LogP contribution in [0, 0.1) is 5.92 Å². The Hall–Kier alpha value is -3.64. The van der Waals surface area contributed by atoms with Crippen molar-refractivity contribution in [1.82, 2.24) is 0 Å². The van der Waals surface area contributed by atoms with Crippen LogP contribution in [0.25, 0.3) is 16.7 Å². The summed E-state index contributed by atoms with van der Waals surface area (Å²) in [5, 5.41) is 0. The lowest BCUT2D eigenvalue weighted by atomic mass is 9.74. The van der Waals surface area contributed by atoms with Crippen LogP contribution in [0.5, 0.6) is 0 Å². The van der Waals surface area contributed by atoms with Crippen LogP contribution in [0.15, 0.2) is 127 Å². The molecular formula is C38H44. The first kappa shape index (κ1) is 28.9. The number of rotatable bonds is 10. The van der Waals surface area contributed by atoms with Crippen molar-refractivity contribution in [2.75, 3.05) is 0 Å². The summed E-state index contributed by atoms with van der Waals surface area (Å²) in [6.45, 7) is 17.3. The first-order valence-electron chi connectivity index (χ1n) is 14.0. The highest BCUT2D eigenvalue weighted by Gasteiger charge is 2.26. The van der Waals surface area contributed by atoms with Crippen LogP contribution in [-0.2, 0) is 6.42 Å². The summed E-state index contributed by atoms with van der Waals surface area (Å²) in [7, 11) is 0. The second kappa shape index (κ2) is 14.3. The summed E-state index contributed by atoms with van der Waals surface area (Å²) in [4.78, 5) is 0. The predicted molar refractivity (Wildman–Crippen MR) is 171 cm³/mol. The molecule has 0 spiro atoms. The fourth-order valence-corrected chi connectivity index (χ4v) is 5.13. The van der Waals surface area contributed by atoms with Crippen molar-refractivity contribution >= 4 is 16.7 Å². The highest BCUT2D eigenvalue weighted by Crippen LogP contribution is 2.44. The lowest BCUT2D eigenvalue weighted by molar-refractivity contribution is 0.646. The Bertz CT molecular complexity index is 1330. The summed E-state index contributed by atoms with van der Waals surface area (Å²) in [5.74, 6) is 0.390. The minimum absolute atomic E-state index is 0.390. The minimum atomic E-state index is 0.390. The van der Waals surface area contributed by atoms with Crippen molar-refractivity contribution in [3.8, 4) is 0 Å². The van der Waals surface area contributed by atoms with Gasteiger partial charge in [-0.25, -0.2) is 0 Å².